The predicted molar refractivity (Wildman–Crippen MR) is 81.4 cm³/mol. The van der Waals surface area contributed by atoms with Gasteiger partial charge in [-0.1, -0.05) is 17.7 Å². The minimum absolute atomic E-state index is 0.234. The third-order valence-corrected chi connectivity index (χ3v) is 3.71. The molecular formula is C15H11ClN2O2S. The highest BCUT2D eigenvalue weighted by Crippen LogP contribution is 2.19. The van der Waals surface area contributed by atoms with Crippen LogP contribution in [0.2, 0.25) is 5.02 Å². The highest BCUT2D eigenvalue weighted by atomic mass is 35.5. The second kappa shape index (κ2) is 7.67. The number of nitrogens with zero attached hydrogens (tertiary/aromatic N) is 2. The van der Waals surface area contributed by atoms with E-state index in [9.17, 15) is 4.79 Å². The number of ether oxygens (including phenoxy) is 1. The van der Waals surface area contributed by atoms with Gasteiger partial charge in [0.2, 0.25) is 0 Å². The van der Waals surface area contributed by atoms with E-state index in [1.807, 2.05) is 0 Å². The molecule has 1 aromatic heterocycles. The molecule has 2 rings (SSSR count). The summed E-state index contributed by atoms with van der Waals surface area (Å²) in [4.78, 5) is 15.9. The van der Waals surface area contributed by atoms with E-state index in [4.69, 9.17) is 21.6 Å². The van der Waals surface area contributed by atoms with Gasteiger partial charge in [-0.25, -0.2) is 9.78 Å². The number of rotatable bonds is 5. The normalized spacial score (nSPS) is 9.90. The number of pyridine rings is 1. The Labute approximate surface area is 131 Å². The summed E-state index contributed by atoms with van der Waals surface area (Å²) in [5, 5.41) is 10.1. The van der Waals surface area contributed by atoms with Gasteiger partial charge in [-0.2, -0.15) is 5.26 Å². The van der Waals surface area contributed by atoms with Crippen LogP contribution in [0.1, 0.15) is 15.9 Å². The number of carbonyl (C=O) groups is 1. The monoisotopic (exact) mass is 318 g/mol. The molecule has 6 heteroatoms. The van der Waals surface area contributed by atoms with Crippen molar-refractivity contribution >= 4 is 29.3 Å². The van der Waals surface area contributed by atoms with Crippen molar-refractivity contribution in [2.24, 2.45) is 0 Å². The highest BCUT2D eigenvalue weighted by molar-refractivity contribution is 7.99. The van der Waals surface area contributed by atoms with Gasteiger partial charge in [-0.3, -0.25) is 0 Å². The summed E-state index contributed by atoms with van der Waals surface area (Å²) < 4.78 is 5.15. The van der Waals surface area contributed by atoms with Gasteiger partial charge in [0.1, 0.15) is 17.7 Å². The van der Waals surface area contributed by atoms with E-state index < -0.39 is 5.97 Å². The lowest BCUT2D eigenvalue weighted by Gasteiger charge is -2.05. The Balaban J connectivity index is 1.82. The summed E-state index contributed by atoms with van der Waals surface area (Å²) >= 11 is 7.19. The number of aromatic nitrogens is 1. The van der Waals surface area contributed by atoms with E-state index >= 15 is 0 Å². The Kier molecular flexibility index (Phi) is 5.61. The molecule has 0 radical (unpaired) electrons. The Bertz CT molecular complexity index is 685. The summed E-state index contributed by atoms with van der Waals surface area (Å²) in [5.41, 5.74) is 0.937. The quantitative estimate of drug-likeness (QED) is 0.479. The van der Waals surface area contributed by atoms with Gasteiger partial charge in [0.15, 0.2) is 0 Å². The molecule has 1 heterocycles. The van der Waals surface area contributed by atoms with E-state index in [-0.39, 0.29) is 6.61 Å². The number of nitriles is 1. The molecule has 0 saturated carbocycles. The van der Waals surface area contributed by atoms with E-state index in [0.717, 1.165) is 0 Å². The third-order valence-electron chi connectivity index (χ3n) is 2.51. The first-order chi connectivity index (χ1) is 10.2. The summed E-state index contributed by atoms with van der Waals surface area (Å²) in [6, 6.07) is 12.1. The van der Waals surface area contributed by atoms with Crippen LogP contribution < -0.4 is 0 Å². The summed E-state index contributed by atoms with van der Waals surface area (Å²) in [7, 11) is 0. The van der Waals surface area contributed by atoms with Crippen molar-refractivity contribution < 1.29 is 9.53 Å². The molecule has 0 fully saturated rings. The average molecular weight is 319 g/mol. The molecule has 4 nitrogen and oxygen atoms in total. The number of thioether (sulfide) groups is 1. The predicted octanol–water partition coefficient (Wildman–Crippen LogP) is 3.56. The van der Waals surface area contributed by atoms with Crippen LogP contribution in [0, 0.1) is 11.3 Å². The Morgan fingerprint density at radius 2 is 2.24 bits per heavy atom. The molecule has 0 amide bonds. The first-order valence-corrected chi connectivity index (χ1v) is 7.47. The molecule has 0 atom stereocenters. The van der Waals surface area contributed by atoms with Crippen LogP contribution in [0.5, 0.6) is 0 Å². The van der Waals surface area contributed by atoms with Crippen LogP contribution in [-0.2, 0) is 4.74 Å². The zero-order valence-corrected chi connectivity index (χ0v) is 12.5. The summed E-state index contributed by atoms with van der Waals surface area (Å²) in [6.07, 6.45) is 1.63. The van der Waals surface area contributed by atoms with Crippen LogP contribution in [-0.4, -0.2) is 23.3 Å². The van der Waals surface area contributed by atoms with Crippen molar-refractivity contribution in [2.75, 3.05) is 12.4 Å². The lowest BCUT2D eigenvalue weighted by Crippen LogP contribution is -2.08. The molecule has 0 aliphatic heterocycles. The number of hydrogen-bond donors (Lipinski definition) is 0. The maximum Gasteiger partial charge on any atom is 0.338 e. The van der Waals surface area contributed by atoms with Gasteiger partial charge in [-0.15, -0.1) is 11.8 Å². The minimum Gasteiger partial charge on any atom is -0.461 e. The molecule has 0 unspecified atom stereocenters. The Hall–Kier alpha value is -2.03. The van der Waals surface area contributed by atoms with Gasteiger partial charge < -0.3 is 4.74 Å². The van der Waals surface area contributed by atoms with Gasteiger partial charge in [-0.05, 0) is 30.3 Å². The fourth-order valence-corrected chi connectivity index (χ4v) is 2.52. The lowest BCUT2D eigenvalue weighted by atomic mass is 10.2. The maximum absolute atomic E-state index is 11.8. The standard InChI is InChI=1S/C15H11ClN2O2S/c16-13-5-1-3-11(9-13)15(19)20-7-8-21-14-12(10-17)4-2-6-18-14/h1-6,9H,7-8H2. The molecule has 0 spiro atoms. The smallest absolute Gasteiger partial charge is 0.338 e. The van der Waals surface area contributed by atoms with Gasteiger partial charge in [0.25, 0.3) is 0 Å². The summed E-state index contributed by atoms with van der Waals surface area (Å²) in [5.74, 6) is 0.109. The number of esters is 1. The van der Waals surface area contributed by atoms with Crippen LogP contribution in [0.4, 0.5) is 0 Å². The Morgan fingerprint density at radius 3 is 3.00 bits per heavy atom. The van der Waals surface area contributed by atoms with E-state index in [1.54, 1.807) is 42.6 Å². The number of carbonyl (C=O) groups excluding carboxylic acids is 1. The SMILES string of the molecule is N#Cc1cccnc1SCCOC(=O)c1cccc(Cl)c1. The molecule has 1 aromatic carbocycles. The largest absolute Gasteiger partial charge is 0.461 e. The zero-order chi connectivity index (χ0) is 15.1. The maximum atomic E-state index is 11.8. The fourth-order valence-electron chi connectivity index (χ4n) is 1.56. The molecule has 21 heavy (non-hydrogen) atoms. The summed E-state index contributed by atoms with van der Waals surface area (Å²) in [6.45, 7) is 0.234. The molecule has 0 N–H and O–H groups in total. The molecule has 2 aromatic rings. The molecule has 0 aliphatic rings. The van der Waals surface area contributed by atoms with Crippen molar-refractivity contribution in [1.29, 1.82) is 5.26 Å². The molecule has 106 valence electrons. The van der Waals surface area contributed by atoms with Gasteiger partial charge in [0, 0.05) is 17.0 Å². The van der Waals surface area contributed by atoms with Crippen LogP contribution in [0.3, 0.4) is 0 Å². The van der Waals surface area contributed by atoms with E-state index in [1.165, 1.54) is 11.8 Å². The van der Waals surface area contributed by atoms with Crippen molar-refractivity contribution in [2.45, 2.75) is 5.03 Å². The second-order valence-corrected chi connectivity index (χ2v) is 5.48. The first-order valence-electron chi connectivity index (χ1n) is 6.11. The van der Waals surface area contributed by atoms with Gasteiger partial charge >= 0.3 is 5.97 Å². The number of hydrogen-bond acceptors (Lipinski definition) is 5. The Morgan fingerprint density at radius 1 is 1.38 bits per heavy atom. The minimum atomic E-state index is -0.417. The van der Waals surface area contributed by atoms with Crippen molar-refractivity contribution in [1.82, 2.24) is 4.98 Å². The molecular weight excluding hydrogens is 308 g/mol. The van der Waals surface area contributed by atoms with Gasteiger partial charge in [0.05, 0.1) is 11.1 Å². The molecule has 0 bridgehead atoms. The fraction of sp³-hybridized carbons (Fsp3) is 0.133. The van der Waals surface area contributed by atoms with E-state index in [2.05, 4.69) is 11.1 Å². The van der Waals surface area contributed by atoms with E-state index in [0.29, 0.717) is 26.9 Å². The highest BCUT2D eigenvalue weighted by Gasteiger charge is 2.08. The lowest BCUT2D eigenvalue weighted by molar-refractivity contribution is 0.0530. The van der Waals surface area contributed by atoms with Crippen molar-refractivity contribution in [3.63, 3.8) is 0 Å². The third kappa shape index (κ3) is 4.48. The van der Waals surface area contributed by atoms with Crippen molar-refractivity contribution in [3.8, 4) is 6.07 Å². The number of benzene rings is 1. The molecule has 0 saturated heterocycles. The molecule has 0 aliphatic carbocycles. The average Bonchev–Trinajstić information content (AvgIpc) is 2.51. The zero-order valence-electron chi connectivity index (χ0n) is 11.0. The topological polar surface area (TPSA) is 63.0 Å². The first kappa shape index (κ1) is 15.4. The van der Waals surface area contributed by atoms with Crippen LogP contribution in [0.15, 0.2) is 47.6 Å². The second-order valence-electron chi connectivity index (χ2n) is 3.96. The number of halogens is 1. The van der Waals surface area contributed by atoms with Crippen molar-refractivity contribution in [3.05, 3.63) is 58.7 Å². The van der Waals surface area contributed by atoms with Crippen LogP contribution >= 0.6 is 23.4 Å². The van der Waals surface area contributed by atoms with Crippen LogP contribution in [0.25, 0.3) is 0 Å².